The molecule has 0 aliphatic carbocycles. The predicted molar refractivity (Wildman–Crippen MR) is 94.6 cm³/mol. The van der Waals surface area contributed by atoms with Crippen LogP contribution >= 0.6 is 18.9 Å². The molecule has 7 heteroatoms. The summed E-state index contributed by atoms with van der Waals surface area (Å²) < 4.78 is 26.9. The molecule has 1 aromatic rings. The van der Waals surface area contributed by atoms with Crippen LogP contribution in [-0.2, 0) is 21.9 Å². The maximum Gasteiger partial charge on any atom is 0.277 e. The number of likely N-dealkylation sites (N-methyl/N-ethyl adjacent to an activating group) is 1. The molecule has 3 heterocycles. The van der Waals surface area contributed by atoms with Crippen LogP contribution < -0.4 is 10.5 Å². The van der Waals surface area contributed by atoms with Crippen LogP contribution in [0.1, 0.15) is 30.0 Å². The third-order valence-electron chi connectivity index (χ3n) is 4.92. The van der Waals surface area contributed by atoms with Gasteiger partial charge in [-0.25, -0.2) is 4.67 Å². The molecule has 0 amide bonds. The van der Waals surface area contributed by atoms with Crippen molar-refractivity contribution in [1.82, 2.24) is 4.67 Å². The lowest BCUT2D eigenvalue weighted by atomic mass is 10.1. The van der Waals surface area contributed by atoms with Crippen LogP contribution in [0.2, 0.25) is 0 Å². The third-order valence-corrected chi connectivity index (χ3v) is 9.13. The Balaban J connectivity index is 1.77. The van der Waals surface area contributed by atoms with Gasteiger partial charge < -0.3 is 15.0 Å². The average molecular weight is 358 g/mol. The summed E-state index contributed by atoms with van der Waals surface area (Å²) in [6.07, 6.45) is 2.86. The van der Waals surface area contributed by atoms with E-state index in [1.54, 1.807) is 11.3 Å². The maximum absolute atomic E-state index is 13.4. The van der Waals surface area contributed by atoms with Gasteiger partial charge in [0.2, 0.25) is 0 Å². The molecule has 1 aromatic heterocycles. The second-order valence-corrected chi connectivity index (χ2v) is 10.8. The summed E-state index contributed by atoms with van der Waals surface area (Å²) in [5, 5.41) is 0. The van der Waals surface area contributed by atoms with Gasteiger partial charge in [0.15, 0.2) is 0 Å². The summed E-state index contributed by atoms with van der Waals surface area (Å²) >= 11 is 1.77. The van der Waals surface area contributed by atoms with Crippen molar-refractivity contribution in [3.8, 4) is 5.75 Å². The van der Waals surface area contributed by atoms with Crippen molar-refractivity contribution in [2.45, 2.75) is 44.8 Å². The van der Waals surface area contributed by atoms with Gasteiger partial charge in [-0.2, -0.15) is 0 Å². The number of rotatable bonds is 5. The monoisotopic (exact) mass is 358 g/mol. The Bertz CT molecular complexity index is 581. The smallest absolute Gasteiger partial charge is 0.277 e. The van der Waals surface area contributed by atoms with Crippen LogP contribution in [0, 0.1) is 5.92 Å². The van der Waals surface area contributed by atoms with Gasteiger partial charge >= 0.3 is 0 Å². The number of thiophene rings is 1. The van der Waals surface area contributed by atoms with Crippen molar-refractivity contribution in [3.63, 3.8) is 0 Å². The highest BCUT2D eigenvalue weighted by atomic mass is 32.1. The van der Waals surface area contributed by atoms with Gasteiger partial charge in [0.1, 0.15) is 5.75 Å². The highest BCUT2D eigenvalue weighted by Crippen LogP contribution is 2.61. The lowest BCUT2D eigenvalue weighted by Crippen LogP contribution is -2.34. The zero-order valence-electron chi connectivity index (χ0n) is 14.2. The molecule has 0 radical (unpaired) electrons. The van der Waals surface area contributed by atoms with Crippen molar-refractivity contribution in [1.29, 1.82) is 0 Å². The Hall–Kier alpha value is -0.390. The Labute approximate surface area is 142 Å². The molecule has 130 valence electrons. The molecule has 3 atom stereocenters. The first kappa shape index (κ1) is 17.4. The van der Waals surface area contributed by atoms with Gasteiger partial charge in [0, 0.05) is 22.3 Å². The molecule has 0 spiro atoms. The summed E-state index contributed by atoms with van der Waals surface area (Å²) in [6.45, 7) is 5.98. The SMILES string of the molecule is CC(C)C1COP(=O)(C(CN)Cc2cc3c(s2)CCCO3)N1C. The van der Waals surface area contributed by atoms with E-state index < -0.39 is 7.52 Å². The van der Waals surface area contributed by atoms with Crippen LogP contribution in [0.3, 0.4) is 0 Å². The van der Waals surface area contributed by atoms with E-state index in [-0.39, 0.29) is 11.7 Å². The Kier molecular flexibility index (Phi) is 5.19. The van der Waals surface area contributed by atoms with Crippen LogP contribution in [0.15, 0.2) is 6.07 Å². The summed E-state index contributed by atoms with van der Waals surface area (Å²) in [4.78, 5) is 2.51. The van der Waals surface area contributed by atoms with Gasteiger partial charge in [0.25, 0.3) is 7.52 Å². The summed E-state index contributed by atoms with van der Waals surface area (Å²) in [7, 11) is -0.959. The molecule has 3 unspecified atom stereocenters. The van der Waals surface area contributed by atoms with E-state index in [9.17, 15) is 4.57 Å². The van der Waals surface area contributed by atoms with Crippen molar-refractivity contribution in [2.75, 3.05) is 26.8 Å². The van der Waals surface area contributed by atoms with Crippen molar-refractivity contribution < 1.29 is 13.8 Å². The van der Waals surface area contributed by atoms with Crippen molar-refractivity contribution >= 4 is 18.9 Å². The van der Waals surface area contributed by atoms with Gasteiger partial charge in [-0.3, -0.25) is 4.57 Å². The molecule has 2 aliphatic heterocycles. The molecule has 23 heavy (non-hydrogen) atoms. The number of aryl methyl sites for hydroxylation is 1. The van der Waals surface area contributed by atoms with E-state index in [1.807, 2.05) is 11.7 Å². The molecule has 2 aliphatic rings. The molecule has 1 saturated heterocycles. The maximum atomic E-state index is 13.4. The fraction of sp³-hybridized carbons (Fsp3) is 0.750. The minimum atomic E-state index is -2.88. The van der Waals surface area contributed by atoms with Gasteiger partial charge in [0.05, 0.1) is 18.9 Å². The first-order valence-corrected chi connectivity index (χ1v) is 10.8. The Morgan fingerprint density at radius 2 is 2.30 bits per heavy atom. The average Bonchev–Trinajstić information content (AvgIpc) is 3.06. The Morgan fingerprint density at radius 3 is 2.91 bits per heavy atom. The van der Waals surface area contributed by atoms with Crippen molar-refractivity contribution in [2.24, 2.45) is 11.7 Å². The molecule has 1 fully saturated rings. The van der Waals surface area contributed by atoms with Crippen LogP contribution in [-0.4, -0.2) is 43.2 Å². The molecular weight excluding hydrogens is 331 g/mol. The quantitative estimate of drug-likeness (QED) is 0.820. The number of fused-ring (bicyclic) bond motifs is 1. The number of nitrogens with zero attached hydrogens (tertiary/aromatic N) is 1. The zero-order chi connectivity index (χ0) is 16.6. The van der Waals surface area contributed by atoms with E-state index in [0.29, 0.717) is 25.5 Å². The lowest BCUT2D eigenvalue weighted by Gasteiger charge is -2.30. The van der Waals surface area contributed by atoms with E-state index in [4.69, 9.17) is 15.0 Å². The second-order valence-electron chi connectivity index (χ2n) is 6.79. The fourth-order valence-electron chi connectivity index (χ4n) is 3.42. The number of hydrogen-bond acceptors (Lipinski definition) is 5. The van der Waals surface area contributed by atoms with E-state index in [2.05, 4.69) is 19.9 Å². The molecule has 5 nitrogen and oxygen atoms in total. The van der Waals surface area contributed by atoms with Crippen LogP contribution in [0.4, 0.5) is 0 Å². The molecule has 0 aromatic carbocycles. The predicted octanol–water partition coefficient (Wildman–Crippen LogP) is 3.12. The highest BCUT2D eigenvalue weighted by molar-refractivity contribution is 7.57. The first-order chi connectivity index (χ1) is 11.0. The summed E-state index contributed by atoms with van der Waals surface area (Å²) in [6, 6.07) is 2.30. The summed E-state index contributed by atoms with van der Waals surface area (Å²) in [5.74, 6) is 1.42. The molecule has 0 bridgehead atoms. The van der Waals surface area contributed by atoms with E-state index in [0.717, 1.165) is 25.2 Å². The normalized spacial score (nSPS) is 29.5. The van der Waals surface area contributed by atoms with E-state index in [1.165, 1.54) is 9.75 Å². The molecule has 0 saturated carbocycles. The van der Waals surface area contributed by atoms with Gasteiger partial charge in [-0.1, -0.05) is 13.8 Å². The third kappa shape index (κ3) is 3.24. The Morgan fingerprint density at radius 1 is 1.52 bits per heavy atom. The molecule has 3 rings (SSSR count). The standard InChI is InChI=1S/C16H27N2O3PS/c1-11(2)14-10-21-22(19,18(14)3)12(9-17)7-13-8-15-16(23-13)5-4-6-20-15/h8,11-12,14H,4-7,9-10,17H2,1-3H3. The number of nitrogens with two attached hydrogens (primary N) is 1. The minimum Gasteiger partial charge on any atom is -0.492 e. The fourth-order valence-corrected chi connectivity index (χ4v) is 7.49. The number of ether oxygens (including phenoxy) is 1. The largest absolute Gasteiger partial charge is 0.492 e. The van der Waals surface area contributed by atoms with Gasteiger partial charge in [-0.05, 0) is 38.3 Å². The summed E-state index contributed by atoms with van der Waals surface area (Å²) in [5.41, 5.74) is 5.83. The highest BCUT2D eigenvalue weighted by Gasteiger charge is 2.47. The molecular formula is C16H27N2O3PS. The van der Waals surface area contributed by atoms with Crippen LogP contribution in [0.25, 0.3) is 0 Å². The number of hydrogen-bond donors (Lipinski definition) is 1. The first-order valence-electron chi connectivity index (χ1n) is 8.37. The van der Waals surface area contributed by atoms with Crippen LogP contribution in [0.5, 0.6) is 5.75 Å². The van der Waals surface area contributed by atoms with Crippen molar-refractivity contribution in [3.05, 3.63) is 15.8 Å². The lowest BCUT2D eigenvalue weighted by molar-refractivity contribution is 0.273. The molecule has 2 N–H and O–H groups in total. The van der Waals surface area contributed by atoms with E-state index >= 15 is 0 Å². The van der Waals surface area contributed by atoms with Gasteiger partial charge in [-0.15, -0.1) is 11.3 Å². The zero-order valence-corrected chi connectivity index (χ0v) is 15.9. The second kappa shape index (κ2) is 6.85. The topological polar surface area (TPSA) is 64.8 Å². The minimum absolute atomic E-state index is 0.156.